The molecule has 1 N–H and O–H groups in total. The normalized spacial score (nSPS) is 15.7. The van der Waals surface area contributed by atoms with Gasteiger partial charge in [0.05, 0.1) is 6.61 Å². The van der Waals surface area contributed by atoms with Gasteiger partial charge >= 0.3 is 0 Å². The molecule has 1 aromatic rings. The monoisotopic (exact) mass is 232 g/mol. The number of nitrogens with one attached hydrogen (secondary N) is 1. The summed E-state index contributed by atoms with van der Waals surface area (Å²) in [5, 5.41) is 8.22. The molecule has 1 saturated heterocycles. The number of rotatable bonds is 3. The molecule has 92 valence electrons. The molecule has 17 heavy (non-hydrogen) atoms. The van der Waals surface area contributed by atoms with Gasteiger partial charge in [-0.2, -0.15) is 0 Å². The lowest BCUT2D eigenvalue weighted by molar-refractivity contribution is 0.337. The van der Waals surface area contributed by atoms with Gasteiger partial charge in [-0.1, -0.05) is 12.1 Å². The highest BCUT2D eigenvalue weighted by molar-refractivity contribution is 5.96. The van der Waals surface area contributed by atoms with Gasteiger partial charge in [-0.3, -0.25) is 5.41 Å². The predicted octanol–water partition coefficient (Wildman–Crippen LogP) is 2.90. The van der Waals surface area contributed by atoms with Gasteiger partial charge in [-0.25, -0.2) is 0 Å². The van der Waals surface area contributed by atoms with E-state index in [2.05, 4.69) is 4.90 Å². The highest BCUT2D eigenvalue weighted by Gasteiger charge is 2.15. The molecule has 0 atom stereocenters. The minimum atomic E-state index is 0.631. The van der Waals surface area contributed by atoms with Crippen LogP contribution in [0.5, 0.6) is 5.75 Å². The van der Waals surface area contributed by atoms with E-state index in [0.29, 0.717) is 12.4 Å². The van der Waals surface area contributed by atoms with Gasteiger partial charge in [-0.05, 0) is 38.3 Å². The molecule has 0 unspecified atom stereocenters. The topological polar surface area (TPSA) is 36.3 Å². The molecule has 0 radical (unpaired) electrons. The van der Waals surface area contributed by atoms with Crippen molar-refractivity contribution in [1.29, 1.82) is 5.41 Å². The molecule has 1 aliphatic rings. The van der Waals surface area contributed by atoms with Crippen molar-refractivity contribution in [3.63, 3.8) is 0 Å². The molecule has 0 amide bonds. The third kappa shape index (κ3) is 2.99. The Labute approximate surface area is 103 Å². The van der Waals surface area contributed by atoms with Crippen molar-refractivity contribution in [2.45, 2.75) is 26.2 Å². The summed E-state index contributed by atoms with van der Waals surface area (Å²) >= 11 is 0. The van der Waals surface area contributed by atoms with Crippen LogP contribution in [0.15, 0.2) is 24.3 Å². The molecule has 0 aromatic heterocycles. The lowest BCUT2D eigenvalue weighted by Crippen LogP contribution is -2.35. The van der Waals surface area contributed by atoms with E-state index in [-0.39, 0.29) is 0 Å². The minimum Gasteiger partial charge on any atom is -0.494 e. The van der Waals surface area contributed by atoms with Gasteiger partial charge in [0.25, 0.3) is 0 Å². The van der Waals surface area contributed by atoms with Crippen LogP contribution in [0.3, 0.4) is 0 Å². The molecule has 0 bridgehead atoms. The van der Waals surface area contributed by atoms with Crippen LogP contribution >= 0.6 is 0 Å². The van der Waals surface area contributed by atoms with Crippen molar-refractivity contribution < 1.29 is 4.74 Å². The van der Waals surface area contributed by atoms with E-state index >= 15 is 0 Å². The lowest BCUT2D eigenvalue weighted by Gasteiger charge is -2.29. The van der Waals surface area contributed by atoms with E-state index in [1.54, 1.807) is 0 Å². The van der Waals surface area contributed by atoms with Crippen molar-refractivity contribution in [2.24, 2.45) is 0 Å². The van der Waals surface area contributed by atoms with Gasteiger partial charge in [-0.15, -0.1) is 0 Å². The van der Waals surface area contributed by atoms with Crippen molar-refractivity contribution >= 4 is 5.84 Å². The van der Waals surface area contributed by atoms with Crippen molar-refractivity contribution in [1.82, 2.24) is 4.90 Å². The van der Waals surface area contributed by atoms with Gasteiger partial charge in [0, 0.05) is 18.7 Å². The Morgan fingerprint density at radius 1 is 1.29 bits per heavy atom. The molecule has 3 nitrogen and oxygen atoms in total. The number of hydrogen-bond acceptors (Lipinski definition) is 2. The maximum Gasteiger partial charge on any atom is 0.128 e. The second kappa shape index (κ2) is 5.71. The first-order valence-electron chi connectivity index (χ1n) is 6.38. The fraction of sp³-hybridized carbons (Fsp3) is 0.500. The van der Waals surface area contributed by atoms with E-state index < -0.39 is 0 Å². The number of amidine groups is 1. The number of piperidine rings is 1. The second-order valence-corrected chi connectivity index (χ2v) is 4.36. The van der Waals surface area contributed by atoms with E-state index in [1.807, 2.05) is 31.2 Å². The summed E-state index contributed by atoms with van der Waals surface area (Å²) in [5.41, 5.74) is 0.956. The van der Waals surface area contributed by atoms with Crippen molar-refractivity contribution in [2.75, 3.05) is 19.7 Å². The predicted molar refractivity (Wildman–Crippen MR) is 69.9 cm³/mol. The lowest BCUT2D eigenvalue weighted by atomic mass is 10.1. The van der Waals surface area contributed by atoms with Gasteiger partial charge in [0.2, 0.25) is 0 Å². The van der Waals surface area contributed by atoms with Crippen LogP contribution in [0.1, 0.15) is 31.7 Å². The second-order valence-electron chi connectivity index (χ2n) is 4.36. The first kappa shape index (κ1) is 12.0. The molecule has 0 aliphatic carbocycles. The Balaban J connectivity index is 2.09. The maximum absolute atomic E-state index is 8.22. The fourth-order valence-electron chi connectivity index (χ4n) is 2.20. The summed E-state index contributed by atoms with van der Waals surface area (Å²) in [6.45, 7) is 4.67. The standard InChI is InChI=1S/C14H20N2O/c1-2-17-13-8-6-7-12(11-13)14(15)16-9-4-3-5-10-16/h6-8,11,15H,2-5,9-10H2,1H3. The quantitative estimate of drug-likeness (QED) is 0.642. The van der Waals surface area contributed by atoms with Crippen LogP contribution in [0, 0.1) is 5.41 Å². The van der Waals surface area contributed by atoms with Gasteiger partial charge in [0.15, 0.2) is 0 Å². The maximum atomic E-state index is 8.22. The third-order valence-electron chi connectivity index (χ3n) is 3.09. The van der Waals surface area contributed by atoms with E-state index in [1.165, 1.54) is 19.3 Å². The first-order chi connectivity index (χ1) is 8.31. The molecule has 1 heterocycles. The van der Waals surface area contributed by atoms with Crippen LogP contribution in [0.25, 0.3) is 0 Å². The zero-order valence-electron chi connectivity index (χ0n) is 10.4. The van der Waals surface area contributed by atoms with E-state index in [0.717, 1.165) is 24.4 Å². The van der Waals surface area contributed by atoms with Gasteiger partial charge < -0.3 is 9.64 Å². The number of likely N-dealkylation sites (tertiary alicyclic amines) is 1. The molecule has 1 aliphatic heterocycles. The Morgan fingerprint density at radius 2 is 2.06 bits per heavy atom. The molecule has 1 fully saturated rings. The van der Waals surface area contributed by atoms with E-state index in [4.69, 9.17) is 10.1 Å². The largest absolute Gasteiger partial charge is 0.494 e. The highest BCUT2D eigenvalue weighted by Crippen LogP contribution is 2.17. The number of nitrogens with zero attached hydrogens (tertiary/aromatic N) is 1. The minimum absolute atomic E-state index is 0.631. The average molecular weight is 232 g/mol. The Bertz CT molecular complexity index is 384. The highest BCUT2D eigenvalue weighted by atomic mass is 16.5. The molecule has 0 spiro atoms. The zero-order valence-corrected chi connectivity index (χ0v) is 10.4. The summed E-state index contributed by atoms with van der Waals surface area (Å²) in [4.78, 5) is 2.16. The number of ether oxygens (including phenoxy) is 1. The molecule has 0 saturated carbocycles. The molecular weight excluding hydrogens is 212 g/mol. The fourth-order valence-corrected chi connectivity index (χ4v) is 2.20. The molecule has 1 aromatic carbocycles. The van der Waals surface area contributed by atoms with Crippen LogP contribution in [-0.4, -0.2) is 30.4 Å². The smallest absolute Gasteiger partial charge is 0.128 e. The molecule has 3 heteroatoms. The van der Waals surface area contributed by atoms with Crippen LogP contribution in [-0.2, 0) is 0 Å². The van der Waals surface area contributed by atoms with E-state index in [9.17, 15) is 0 Å². The van der Waals surface area contributed by atoms with Crippen molar-refractivity contribution in [3.8, 4) is 5.75 Å². The zero-order chi connectivity index (χ0) is 12.1. The number of hydrogen-bond donors (Lipinski definition) is 1. The Hall–Kier alpha value is -1.51. The van der Waals surface area contributed by atoms with Crippen LogP contribution in [0.2, 0.25) is 0 Å². The molecular formula is C14H20N2O. The molecule has 2 rings (SSSR count). The Kier molecular flexibility index (Phi) is 4.02. The summed E-state index contributed by atoms with van der Waals surface area (Å²) in [6, 6.07) is 7.84. The average Bonchev–Trinajstić information content (AvgIpc) is 2.40. The Morgan fingerprint density at radius 3 is 2.76 bits per heavy atom. The third-order valence-corrected chi connectivity index (χ3v) is 3.09. The van der Waals surface area contributed by atoms with Crippen molar-refractivity contribution in [3.05, 3.63) is 29.8 Å². The first-order valence-corrected chi connectivity index (χ1v) is 6.38. The summed E-state index contributed by atoms with van der Waals surface area (Å²) < 4.78 is 5.47. The summed E-state index contributed by atoms with van der Waals surface area (Å²) in [7, 11) is 0. The van der Waals surface area contributed by atoms with Crippen LogP contribution in [0.4, 0.5) is 0 Å². The van der Waals surface area contributed by atoms with Crippen LogP contribution < -0.4 is 4.74 Å². The summed E-state index contributed by atoms with van der Waals surface area (Å²) in [6.07, 6.45) is 3.70. The summed E-state index contributed by atoms with van der Waals surface area (Å²) in [5.74, 6) is 1.48. The SMILES string of the molecule is CCOc1cccc(C(=N)N2CCCCC2)c1. The number of benzene rings is 1. The van der Waals surface area contributed by atoms with Gasteiger partial charge in [0.1, 0.15) is 11.6 Å².